The third-order valence-electron chi connectivity index (χ3n) is 3.57. The van der Waals surface area contributed by atoms with Crippen LogP contribution in [0.4, 0.5) is 9.39 Å². The van der Waals surface area contributed by atoms with Crippen LogP contribution in [0, 0.1) is 12.7 Å². The van der Waals surface area contributed by atoms with Crippen LogP contribution in [-0.2, 0) is 14.3 Å². The van der Waals surface area contributed by atoms with Gasteiger partial charge in [0.15, 0.2) is 0 Å². The monoisotopic (exact) mass is 411 g/mol. The van der Waals surface area contributed by atoms with E-state index in [-0.39, 0.29) is 33.6 Å². The number of amides is 1. The minimum atomic E-state index is -0.644. The molecule has 1 aromatic heterocycles. The van der Waals surface area contributed by atoms with Crippen LogP contribution in [0.3, 0.4) is 0 Å². The maximum atomic E-state index is 12.9. The molecular formula is C18H18FNO5S2. The molecule has 0 aliphatic carbocycles. The van der Waals surface area contributed by atoms with Gasteiger partial charge in [0.05, 0.1) is 19.8 Å². The van der Waals surface area contributed by atoms with E-state index in [1.165, 1.54) is 38.1 Å². The summed E-state index contributed by atoms with van der Waals surface area (Å²) in [5, 5.41) is 2.91. The molecule has 0 unspecified atom stereocenters. The second-order valence-corrected chi connectivity index (χ2v) is 7.53. The fourth-order valence-corrected chi connectivity index (χ4v) is 4.20. The molecular weight excluding hydrogens is 393 g/mol. The highest BCUT2D eigenvalue weighted by atomic mass is 32.2. The molecule has 0 aliphatic rings. The maximum absolute atomic E-state index is 12.9. The van der Waals surface area contributed by atoms with Gasteiger partial charge in [-0.25, -0.2) is 14.0 Å². The molecule has 9 heteroatoms. The number of esters is 2. The number of hydrogen-bond acceptors (Lipinski definition) is 7. The van der Waals surface area contributed by atoms with Crippen LogP contribution >= 0.6 is 23.1 Å². The SMILES string of the molecule is COC(=O)c1sc(NC(=O)CCSc2ccc(F)cc2)c(C(=O)OC)c1C. The zero-order chi connectivity index (χ0) is 20.0. The van der Waals surface area contributed by atoms with Gasteiger partial charge in [-0.1, -0.05) is 0 Å². The zero-order valence-electron chi connectivity index (χ0n) is 15.0. The summed E-state index contributed by atoms with van der Waals surface area (Å²) < 4.78 is 22.3. The molecule has 0 atom stereocenters. The molecule has 0 radical (unpaired) electrons. The maximum Gasteiger partial charge on any atom is 0.348 e. The molecule has 6 nitrogen and oxygen atoms in total. The van der Waals surface area contributed by atoms with Crippen molar-refractivity contribution in [1.82, 2.24) is 0 Å². The Labute approximate surface area is 164 Å². The third kappa shape index (κ3) is 5.30. The average Bonchev–Trinajstić information content (AvgIpc) is 2.98. The first-order valence-electron chi connectivity index (χ1n) is 7.85. The van der Waals surface area contributed by atoms with Gasteiger partial charge < -0.3 is 14.8 Å². The van der Waals surface area contributed by atoms with Crippen LogP contribution in [0.15, 0.2) is 29.2 Å². The molecule has 2 aromatic rings. The van der Waals surface area contributed by atoms with Crippen LogP contribution in [0.25, 0.3) is 0 Å². The van der Waals surface area contributed by atoms with Gasteiger partial charge in [-0.05, 0) is 36.8 Å². The van der Waals surface area contributed by atoms with Crippen molar-refractivity contribution in [2.75, 3.05) is 25.3 Å². The summed E-state index contributed by atoms with van der Waals surface area (Å²) in [6.07, 6.45) is 0.174. The number of carbonyl (C=O) groups is 3. The Kier molecular flexibility index (Phi) is 7.37. The first-order chi connectivity index (χ1) is 12.9. The summed E-state index contributed by atoms with van der Waals surface area (Å²) in [6, 6.07) is 5.98. The number of ether oxygens (including phenoxy) is 2. The highest BCUT2D eigenvalue weighted by molar-refractivity contribution is 7.99. The summed E-state index contributed by atoms with van der Waals surface area (Å²) in [5.74, 6) is -1.39. The first-order valence-corrected chi connectivity index (χ1v) is 9.65. The van der Waals surface area contributed by atoms with Gasteiger partial charge in [-0.15, -0.1) is 23.1 Å². The van der Waals surface area contributed by atoms with Gasteiger partial charge in [0.25, 0.3) is 0 Å². The molecule has 1 N–H and O–H groups in total. The number of methoxy groups -OCH3 is 2. The lowest BCUT2D eigenvalue weighted by Crippen LogP contribution is -2.14. The highest BCUT2D eigenvalue weighted by Crippen LogP contribution is 2.34. The predicted octanol–water partition coefficient (Wildman–Crippen LogP) is 3.89. The van der Waals surface area contributed by atoms with E-state index in [0.29, 0.717) is 11.3 Å². The Morgan fingerprint density at radius 3 is 2.33 bits per heavy atom. The van der Waals surface area contributed by atoms with Gasteiger partial charge in [0, 0.05) is 17.1 Å². The van der Waals surface area contributed by atoms with Crippen molar-refractivity contribution in [2.24, 2.45) is 0 Å². The lowest BCUT2D eigenvalue weighted by atomic mass is 10.1. The van der Waals surface area contributed by atoms with Crippen molar-refractivity contribution in [3.8, 4) is 0 Å². The van der Waals surface area contributed by atoms with E-state index in [1.54, 1.807) is 19.1 Å². The van der Waals surface area contributed by atoms with Crippen molar-refractivity contribution in [3.63, 3.8) is 0 Å². The van der Waals surface area contributed by atoms with Crippen molar-refractivity contribution < 1.29 is 28.2 Å². The molecule has 1 heterocycles. The Hall–Kier alpha value is -2.39. The number of thioether (sulfide) groups is 1. The van der Waals surface area contributed by atoms with E-state index in [1.807, 2.05) is 0 Å². The normalized spacial score (nSPS) is 10.4. The van der Waals surface area contributed by atoms with Gasteiger partial charge in [0.2, 0.25) is 5.91 Å². The molecule has 0 bridgehead atoms. The number of anilines is 1. The van der Waals surface area contributed by atoms with Crippen molar-refractivity contribution in [1.29, 1.82) is 0 Å². The topological polar surface area (TPSA) is 81.7 Å². The largest absolute Gasteiger partial charge is 0.465 e. The molecule has 0 saturated heterocycles. The van der Waals surface area contributed by atoms with Crippen molar-refractivity contribution in [3.05, 3.63) is 46.1 Å². The molecule has 1 amide bonds. The fourth-order valence-electron chi connectivity index (χ4n) is 2.22. The molecule has 0 aliphatic heterocycles. The summed E-state index contributed by atoms with van der Waals surface area (Å²) in [5.41, 5.74) is 0.539. The van der Waals surface area contributed by atoms with Crippen LogP contribution in [0.2, 0.25) is 0 Å². The van der Waals surface area contributed by atoms with Gasteiger partial charge in [-0.3, -0.25) is 4.79 Å². The van der Waals surface area contributed by atoms with Crippen LogP contribution in [0.1, 0.15) is 32.0 Å². The lowest BCUT2D eigenvalue weighted by molar-refractivity contribution is -0.115. The number of hydrogen-bond donors (Lipinski definition) is 1. The van der Waals surface area contributed by atoms with Crippen LogP contribution < -0.4 is 5.32 Å². The Balaban J connectivity index is 2.06. The van der Waals surface area contributed by atoms with E-state index >= 15 is 0 Å². The number of carbonyl (C=O) groups excluding carboxylic acids is 3. The second kappa shape index (κ2) is 9.52. The second-order valence-electron chi connectivity index (χ2n) is 5.34. The van der Waals surface area contributed by atoms with E-state index in [0.717, 1.165) is 16.2 Å². The Morgan fingerprint density at radius 2 is 1.74 bits per heavy atom. The Morgan fingerprint density at radius 1 is 1.11 bits per heavy atom. The number of halogens is 1. The predicted molar refractivity (Wildman–Crippen MR) is 102 cm³/mol. The summed E-state index contributed by atoms with van der Waals surface area (Å²) in [6.45, 7) is 1.59. The van der Waals surface area contributed by atoms with Crippen molar-refractivity contribution in [2.45, 2.75) is 18.2 Å². The summed E-state index contributed by atoms with van der Waals surface area (Å²) >= 11 is 2.38. The molecule has 1 aromatic carbocycles. The van der Waals surface area contributed by atoms with E-state index in [2.05, 4.69) is 5.32 Å². The lowest BCUT2D eigenvalue weighted by Gasteiger charge is -2.06. The van der Waals surface area contributed by atoms with Gasteiger partial charge in [-0.2, -0.15) is 0 Å². The summed E-state index contributed by atoms with van der Waals surface area (Å²) in [7, 11) is 2.46. The third-order valence-corrected chi connectivity index (χ3v) is 5.77. The summed E-state index contributed by atoms with van der Waals surface area (Å²) in [4.78, 5) is 37.2. The number of benzene rings is 1. The highest BCUT2D eigenvalue weighted by Gasteiger charge is 2.26. The fraction of sp³-hybridized carbons (Fsp3) is 0.278. The van der Waals surface area contributed by atoms with E-state index < -0.39 is 11.9 Å². The molecule has 0 spiro atoms. The van der Waals surface area contributed by atoms with Gasteiger partial charge in [0.1, 0.15) is 15.7 Å². The molecule has 144 valence electrons. The number of thiophene rings is 1. The minimum absolute atomic E-state index is 0.141. The smallest absolute Gasteiger partial charge is 0.348 e. The molecule has 27 heavy (non-hydrogen) atoms. The minimum Gasteiger partial charge on any atom is -0.465 e. The zero-order valence-corrected chi connectivity index (χ0v) is 16.6. The van der Waals surface area contributed by atoms with Gasteiger partial charge >= 0.3 is 11.9 Å². The standard InChI is InChI=1S/C18H18FNO5S2/c1-10-14(17(22)24-2)16(27-15(10)18(23)25-3)20-13(21)8-9-26-12-6-4-11(19)5-7-12/h4-7H,8-9H2,1-3H3,(H,20,21). The van der Waals surface area contributed by atoms with Crippen LogP contribution in [-0.4, -0.2) is 37.8 Å². The Bertz CT molecular complexity index is 848. The quantitative estimate of drug-likeness (QED) is 0.550. The first kappa shape index (κ1) is 20.9. The number of rotatable bonds is 7. The van der Waals surface area contributed by atoms with Crippen LogP contribution in [0.5, 0.6) is 0 Å². The van der Waals surface area contributed by atoms with E-state index in [4.69, 9.17) is 9.47 Å². The average molecular weight is 411 g/mol. The molecule has 0 fully saturated rings. The molecule has 2 rings (SSSR count). The molecule has 0 saturated carbocycles. The number of nitrogens with one attached hydrogen (secondary N) is 1. The van der Waals surface area contributed by atoms with Crippen molar-refractivity contribution >= 4 is 45.9 Å². The van der Waals surface area contributed by atoms with E-state index in [9.17, 15) is 18.8 Å².